The Morgan fingerprint density at radius 2 is 1.49 bits per heavy atom. The van der Waals surface area contributed by atoms with E-state index in [1.165, 1.54) is 23.8 Å². The fourth-order valence-corrected chi connectivity index (χ4v) is 8.54. The first-order valence-corrected chi connectivity index (χ1v) is 18.5. The molecule has 5 amide bonds. The first kappa shape index (κ1) is 34.5. The summed E-state index contributed by atoms with van der Waals surface area (Å²) in [6.07, 6.45) is 9.95. The summed E-state index contributed by atoms with van der Waals surface area (Å²) >= 11 is 0. The van der Waals surface area contributed by atoms with Gasteiger partial charge in [-0.15, -0.1) is 0 Å². The van der Waals surface area contributed by atoms with Gasteiger partial charge in [0.25, 0.3) is 0 Å². The van der Waals surface area contributed by atoms with Crippen molar-refractivity contribution in [2.45, 2.75) is 76.0 Å². The first-order valence-electron chi connectivity index (χ1n) is 18.5. The normalized spacial score (nSPS) is 19.7. The van der Waals surface area contributed by atoms with Crippen LogP contribution < -0.4 is 10.6 Å². The van der Waals surface area contributed by atoms with Crippen LogP contribution in [0.4, 0.5) is 15.3 Å². The van der Waals surface area contributed by atoms with E-state index >= 15 is 0 Å². The van der Waals surface area contributed by atoms with Crippen molar-refractivity contribution in [2.75, 3.05) is 44.6 Å². The Balaban J connectivity index is 1.06. The van der Waals surface area contributed by atoms with Crippen LogP contribution in [0, 0.1) is 0 Å². The molecule has 268 valence electrons. The number of benzene rings is 2. The van der Waals surface area contributed by atoms with Crippen molar-refractivity contribution in [1.82, 2.24) is 29.5 Å². The Morgan fingerprint density at radius 3 is 2.22 bits per heavy atom. The van der Waals surface area contributed by atoms with Gasteiger partial charge in [-0.05, 0) is 75.4 Å². The summed E-state index contributed by atoms with van der Waals surface area (Å²) in [5.74, 6) is -0.412. The predicted molar refractivity (Wildman–Crippen MR) is 200 cm³/mol. The van der Waals surface area contributed by atoms with Crippen molar-refractivity contribution in [2.24, 2.45) is 0 Å². The molecule has 11 heteroatoms. The second kappa shape index (κ2) is 15.1. The van der Waals surface area contributed by atoms with Crippen LogP contribution in [-0.2, 0) is 16.1 Å². The van der Waals surface area contributed by atoms with Crippen LogP contribution in [0.2, 0.25) is 0 Å². The van der Waals surface area contributed by atoms with Gasteiger partial charge in [-0.25, -0.2) is 9.59 Å². The van der Waals surface area contributed by atoms with E-state index in [4.69, 9.17) is 0 Å². The van der Waals surface area contributed by atoms with E-state index in [2.05, 4.69) is 28.7 Å². The lowest BCUT2D eigenvalue weighted by Crippen LogP contribution is -2.56. The third kappa shape index (κ3) is 7.04. The van der Waals surface area contributed by atoms with Crippen molar-refractivity contribution in [3.8, 4) is 0 Å². The maximum atomic E-state index is 14.3. The average molecular weight is 692 g/mol. The number of carbonyl (C=O) groups excluding carboxylic acids is 4. The Morgan fingerprint density at radius 1 is 0.824 bits per heavy atom. The quantitative estimate of drug-likeness (QED) is 0.312. The number of amides is 5. The van der Waals surface area contributed by atoms with Gasteiger partial charge in [-0.2, -0.15) is 0 Å². The minimum Gasteiger partial charge on any atom is -0.342 e. The summed E-state index contributed by atoms with van der Waals surface area (Å²) in [4.78, 5) is 63.3. The SMILES string of the molecule is C=Cc1c(C=C)n(C(=O)N[C@@H](CC(=O)N2CCC(N3Cc4ccccc4NC3=O)CC2)C(=O)N2CCC(N3CCCCC3)CC2)c2ccccc12. The molecule has 1 aromatic heterocycles. The van der Waals surface area contributed by atoms with Crippen LogP contribution in [0.15, 0.2) is 61.7 Å². The van der Waals surface area contributed by atoms with E-state index in [1.807, 2.05) is 58.3 Å². The lowest BCUT2D eigenvalue weighted by atomic mass is 9.98. The van der Waals surface area contributed by atoms with Gasteiger partial charge in [0.05, 0.1) is 17.6 Å². The fourth-order valence-electron chi connectivity index (χ4n) is 8.54. The number of nitrogens with zero attached hydrogens (tertiary/aromatic N) is 5. The van der Waals surface area contributed by atoms with Crippen LogP contribution >= 0.6 is 0 Å². The Bertz CT molecular complexity index is 1810. The lowest BCUT2D eigenvalue weighted by molar-refractivity contribution is -0.140. The first-order chi connectivity index (χ1) is 24.9. The highest BCUT2D eigenvalue weighted by atomic mass is 16.2. The van der Waals surface area contributed by atoms with Crippen LogP contribution in [0.5, 0.6) is 0 Å². The van der Waals surface area contributed by atoms with Crippen LogP contribution in [0.25, 0.3) is 23.1 Å². The molecule has 2 N–H and O–H groups in total. The standard InChI is InChI=1S/C40H49N7O4/c1-3-31-32-13-7-9-15-36(32)47(35(31)4-2)40(51)42-34(38(49)45-24-16-29(17-25-45)43-20-10-5-11-21-43)26-37(48)44-22-18-30(19-23-44)46-27-28-12-6-8-14-33(28)41-39(46)50/h3-4,6-9,12-15,29-30,34H,1-2,5,10-11,16-27H2,(H,41,50)(H,42,51)/t34-/m0/s1. The van der Waals surface area contributed by atoms with Gasteiger partial charge < -0.3 is 30.2 Å². The number of hydrogen-bond acceptors (Lipinski definition) is 5. The van der Waals surface area contributed by atoms with Gasteiger partial charge in [-0.3, -0.25) is 14.2 Å². The molecule has 5 heterocycles. The maximum absolute atomic E-state index is 14.3. The molecule has 3 aromatic rings. The monoisotopic (exact) mass is 691 g/mol. The summed E-state index contributed by atoms with van der Waals surface area (Å²) in [5, 5.41) is 6.83. The number of likely N-dealkylation sites (tertiary alicyclic amines) is 3. The van der Waals surface area contributed by atoms with Crippen molar-refractivity contribution in [1.29, 1.82) is 0 Å². The zero-order valence-corrected chi connectivity index (χ0v) is 29.4. The zero-order chi connectivity index (χ0) is 35.5. The van der Waals surface area contributed by atoms with Crippen molar-refractivity contribution in [3.63, 3.8) is 0 Å². The number of fused-ring (bicyclic) bond motifs is 2. The van der Waals surface area contributed by atoms with Crippen molar-refractivity contribution >= 4 is 52.6 Å². The van der Waals surface area contributed by atoms with Gasteiger partial charge in [0.15, 0.2) is 0 Å². The minimum absolute atomic E-state index is 0.000796. The van der Waals surface area contributed by atoms with Gasteiger partial charge in [0, 0.05) is 61.4 Å². The number of hydrogen-bond donors (Lipinski definition) is 2. The Kier molecular flexibility index (Phi) is 10.3. The molecule has 2 aromatic carbocycles. The molecule has 0 spiro atoms. The maximum Gasteiger partial charge on any atom is 0.327 e. The summed E-state index contributed by atoms with van der Waals surface area (Å²) in [6.45, 7) is 12.8. The number of nitrogens with one attached hydrogen (secondary N) is 2. The smallest absolute Gasteiger partial charge is 0.327 e. The third-order valence-electron chi connectivity index (χ3n) is 11.3. The highest BCUT2D eigenvalue weighted by Gasteiger charge is 2.37. The van der Waals surface area contributed by atoms with E-state index in [0.29, 0.717) is 62.8 Å². The molecule has 0 unspecified atom stereocenters. The minimum atomic E-state index is -1.04. The summed E-state index contributed by atoms with van der Waals surface area (Å²) in [7, 11) is 0. The van der Waals surface area contributed by atoms with Gasteiger partial charge in [0.2, 0.25) is 11.8 Å². The van der Waals surface area contributed by atoms with Crippen LogP contribution in [0.1, 0.15) is 68.2 Å². The number of piperidine rings is 3. The molecule has 4 aliphatic heterocycles. The molecule has 0 radical (unpaired) electrons. The molecule has 51 heavy (non-hydrogen) atoms. The molecule has 0 bridgehead atoms. The zero-order valence-electron chi connectivity index (χ0n) is 29.4. The molecule has 7 rings (SSSR count). The van der Waals surface area contributed by atoms with E-state index in [-0.39, 0.29) is 30.3 Å². The number of urea groups is 1. The molecule has 4 aliphatic rings. The van der Waals surface area contributed by atoms with E-state index in [1.54, 1.807) is 17.1 Å². The number of rotatable bonds is 8. The molecule has 0 aliphatic carbocycles. The molecule has 11 nitrogen and oxygen atoms in total. The second-order valence-electron chi connectivity index (χ2n) is 14.2. The van der Waals surface area contributed by atoms with Gasteiger partial charge in [0.1, 0.15) is 6.04 Å². The predicted octanol–water partition coefficient (Wildman–Crippen LogP) is 5.76. The summed E-state index contributed by atoms with van der Waals surface area (Å²) in [5.41, 5.74) is 3.95. The van der Waals surface area contributed by atoms with E-state index < -0.39 is 12.1 Å². The molecular weight excluding hydrogens is 642 g/mol. The number of para-hydroxylation sites is 2. The topological polar surface area (TPSA) is 110 Å². The molecule has 1 atom stereocenters. The molecule has 3 fully saturated rings. The molecule has 3 saturated heterocycles. The number of aromatic nitrogens is 1. The number of carbonyl (C=O) groups is 4. The largest absolute Gasteiger partial charge is 0.342 e. The average Bonchev–Trinajstić information content (AvgIpc) is 3.51. The van der Waals surface area contributed by atoms with E-state index in [9.17, 15) is 19.2 Å². The molecule has 0 saturated carbocycles. The van der Waals surface area contributed by atoms with Gasteiger partial charge >= 0.3 is 12.1 Å². The summed E-state index contributed by atoms with van der Waals surface area (Å²) in [6, 6.07) is 14.2. The van der Waals surface area contributed by atoms with Crippen LogP contribution in [-0.4, -0.2) is 105 Å². The van der Waals surface area contributed by atoms with Crippen molar-refractivity contribution in [3.05, 3.63) is 78.5 Å². The van der Waals surface area contributed by atoms with Crippen LogP contribution in [0.3, 0.4) is 0 Å². The second-order valence-corrected chi connectivity index (χ2v) is 14.2. The lowest BCUT2D eigenvalue weighted by Gasteiger charge is -2.41. The Hall–Kier alpha value is -4.90. The molecular formula is C40H49N7O4. The number of anilines is 1. The van der Waals surface area contributed by atoms with E-state index in [0.717, 1.165) is 48.1 Å². The summed E-state index contributed by atoms with van der Waals surface area (Å²) < 4.78 is 1.53. The third-order valence-corrected chi connectivity index (χ3v) is 11.3. The van der Waals surface area contributed by atoms with Gasteiger partial charge in [-0.1, -0.05) is 62.1 Å². The Labute approximate surface area is 299 Å². The highest BCUT2D eigenvalue weighted by Crippen LogP contribution is 2.30. The fraction of sp³-hybridized carbons (Fsp3) is 0.450. The highest BCUT2D eigenvalue weighted by molar-refractivity contribution is 6.02. The van der Waals surface area contributed by atoms with Crippen molar-refractivity contribution < 1.29 is 19.2 Å².